The van der Waals surface area contributed by atoms with Crippen LogP contribution in [-0.4, -0.2) is 27.6 Å². The fourth-order valence-corrected chi connectivity index (χ4v) is 4.19. The van der Waals surface area contributed by atoms with Gasteiger partial charge in [0.2, 0.25) is 5.91 Å². The van der Waals surface area contributed by atoms with Crippen molar-refractivity contribution >= 4 is 63.5 Å². The fourth-order valence-electron chi connectivity index (χ4n) is 2.69. The number of thiocarbonyl (C=S) groups is 1. The summed E-state index contributed by atoms with van der Waals surface area (Å²) in [6, 6.07) is 15.0. The number of aryl methyl sites for hydroxylation is 1. The molecule has 0 aliphatic carbocycles. The van der Waals surface area contributed by atoms with Crippen molar-refractivity contribution in [1.82, 2.24) is 4.90 Å². The minimum Gasteiger partial charge on any atom is -0.326 e. The van der Waals surface area contributed by atoms with E-state index in [1.807, 2.05) is 37.3 Å². The van der Waals surface area contributed by atoms with E-state index in [-0.39, 0.29) is 11.8 Å². The lowest BCUT2D eigenvalue weighted by molar-refractivity contribution is -0.122. The molecule has 1 saturated heterocycles. The summed E-state index contributed by atoms with van der Waals surface area (Å²) in [7, 11) is 0. The second-order valence-electron chi connectivity index (χ2n) is 6.41. The Kier molecular flexibility index (Phi) is 6.88. The van der Waals surface area contributed by atoms with E-state index in [9.17, 15) is 9.59 Å². The number of carbonyl (C=O) groups excluding carboxylic acids is 2. The number of hydrogen-bond donors (Lipinski definition) is 1. The first kappa shape index (κ1) is 20.6. The third kappa shape index (κ3) is 5.44. The molecule has 144 valence electrons. The Morgan fingerprint density at radius 1 is 1.25 bits per heavy atom. The van der Waals surface area contributed by atoms with E-state index < -0.39 is 0 Å². The van der Waals surface area contributed by atoms with Crippen LogP contribution in [0.3, 0.4) is 0 Å². The second kappa shape index (κ2) is 9.37. The van der Waals surface area contributed by atoms with Crippen molar-refractivity contribution in [2.45, 2.75) is 19.8 Å². The van der Waals surface area contributed by atoms with Gasteiger partial charge in [0.05, 0.1) is 4.91 Å². The van der Waals surface area contributed by atoms with Gasteiger partial charge < -0.3 is 5.32 Å². The van der Waals surface area contributed by atoms with Gasteiger partial charge in [-0.25, -0.2) is 0 Å². The molecular weight excluding hydrogens is 412 g/mol. The normalized spacial score (nSPS) is 15.4. The molecule has 0 bridgehead atoms. The first-order valence-corrected chi connectivity index (χ1v) is 10.4. The lowest BCUT2D eigenvalue weighted by Gasteiger charge is -2.14. The van der Waals surface area contributed by atoms with E-state index in [0.717, 1.165) is 5.56 Å². The largest absolute Gasteiger partial charge is 0.326 e. The van der Waals surface area contributed by atoms with Crippen molar-refractivity contribution in [3.05, 3.63) is 69.6 Å². The molecule has 0 radical (unpaired) electrons. The first-order valence-electron chi connectivity index (χ1n) is 8.80. The van der Waals surface area contributed by atoms with Gasteiger partial charge in [-0.1, -0.05) is 71.5 Å². The number of carbonyl (C=O) groups is 2. The maximum absolute atomic E-state index is 12.6. The van der Waals surface area contributed by atoms with E-state index in [4.69, 9.17) is 23.8 Å². The third-order valence-electron chi connectivity index (χ3n) is 4.14. The molecule has 1 heterocycles. The summed E-state index contributed by atoms with van der Waals surface area (Å²) in [6.07, 6.45) is 2.67. The topological polar surface area (TPSA) is 49.4 Å². The van der Waals surface area contributed by atoms with Crippen LogP contribution in [-0.2, 0) is 9.59 Å². The number of anilines is 1. The number of nitrogens with zero attached hydrogens (tertiary/aromatic N) is 1. The maximum Gasteiger partial charge on any atom is 0.266 e. The second-order valence-corrected chi connectivity index (χ2v) is 8.52. The van der Waals surface area contributed by atoms with Crippen LogP contribution in [0, 0.1) is 6.92 Å². The van der Waals surface area contributed by atoms with Crippen LogP contribution in [0.4, 0.5) is 5.69 Å². The van der Waals surface area contributed by atoms with Crippen LogP contribution in [0.2, 0.25) is 5.02 Å². The van der Waals surface area contributed by atoms with Gasteiger partial charge in [-0.15, -0.1) is 0 Å². The zero-order chi connectivity index (χ0) is 20.1. The highest BCUT2D eigenvalue weighted by atomic mass is 35.5. The van der Waals surface area contributed by atoms with Crippen LogP contribution in [0.15, 0.2) is 53.4 Å². The zero-order valence-electron chi connectivity index (χ0n) is 15.3. The first-order chi connectivity index (χ1) is 13.4. The number of benzene rings is 2. The number of thioether (sulfide) groups is 1. The molecule has 1 fully saturated rings. The quantitative estimate of drug-likeness (QED) is 0.501. The number of rotatable bonds is 6. The highest BCUT2D eigenvalue weighted by molar-refractivity contribution is 8.26. The Morgan fingerprint density at radius 2 is 2.00 bits per heavy atom. The molecule has 2 aromatic carbocycles. The standard InChI is InChI=1S/C21H19ClN2O2S2/c1-14-7-9-15(10-8-14)12-18-20(26)24(21(27)28-18)11-3-6-19(25)23-17-5-2-4-16(22)13-17/h2,4-5,7-10,12-13H,3,6,11H2,1H3,(H,23,25)/b18-12-. The summed E-state index contributed by atoms with van der Waals surface area (Å²) in [5.41, 5.74) is 2.79. The van der Waals surface area contributed by atoms with E-state index in [2.05, 4.69) is 5.32 Å². The van der Waals surface area contributed by atoms with Gasteiger partial charge in [0.1, 0.15) is 4.32 Å². The minimum absolute atomic E-state index is 0.106. The Labute approximate surface area is 178 Å². The summed E-state index contributed by atoms with van der Waals surface area (Å²) in [5.74, 6) is -0.228. The minimum atomic E-state index is -0.122. The van der Waals surface area contributed by atoms with Crippen molar-refractivity contribution < 1.29 is 9.59 Å². The van der Waals surface area contributed by atoms with Gasteiger partial charge in [0, 0.05) is 23.7 Å². The van der Waals surface area contributed by atoms with Crippen molar-refractivity contribution in [1.29, 1.82) is 0 Å². The average molecular weight is 431 g/mol. The zero-order valence-corrected chi connectivity index (χ0v) is 17.7. The number of nitrogens with one attached hydrogen (secondary N) is 1. The lowest BCUT2D eigenvalue weighted by Crippen LogP contribution is -2.29. The molecule has 0 spiro atoms. The summed E-state index contributed by atoms with van der Waals surface area (Å²) >= 11 is 12.6. The summed E-state index contributed by atoms with van der Waals surface area (Å²) in [6.45, 7) is 2.44. The molecule has 1 N–H and O–H groups in total. The van der Waals surface area contributed by atoms with Crippen LogP contribution in [0.1, 0.15) is 24.0 Å². The van der Waals surface area contributed by atoms with Gasteiger partial charge in [0.25, 0.3) is 5.91 Å². The van der Waals surface area contributed by atoms with Crippen LogP contribution >= 0.6 is 35.6 Å². The van der Waals surface area contributed by atoms with Crippen molar-refractivity contribution in [2.75, 3.05) is 11.9 Å². The van der Waals surface area contributed by atoms with Gasteiger partial charge >= 0.3 is 0 Å². The molecule has 0 saturated carbocycles. The van der Waals surface area contributed by atoms with E-state index in [1.165, 1.54) is 17.3 Å². The Balaban J connectivity index is 1.53. The summed E-state index contributed by atoms with van der Waals surface area (Å²) in [5, 5.41) is 3.37. The molecule has 3 rings (SSSR count). The Bertz CT molecular complexity index is 942. The smallest absolute Gasteiger partial charge is 0.266 e. The van der Waals surface area contributed by atoms with Gasteiger partial charge in [-0.05, 0) is 43.2 Å². The Hall–Kier alpha value is -2.15. The lowest BCUT2D eigenvalue weighted by atomic mass is 10.1. The average Bonchev–Trinajstić information content (AvgIpc) is 2.91. The van der Waals surface area contributed by atoms with Crippen molar-refractivity contribution in [3.8, 4) is 0 Å². The van der Waals surface area contributed by atoms with Crippen LogP contribution in [0.25, 0.3) is 6.08 Å². The van der Waals surface area contributed by atoms with Crippen LogP contribution in [0.5, 0.6) is 0 Å². The maximum atomic E-state index is 12.6. The van der Waals surface area contributed by atoms with Crippen molar-refractivity contribution in [2.24, 2.45) is 0 Å². The molecule has 4 nitrogen and oxygen atoms in total. The highest BCUT2D eigenvalue weighted by Gasteiger charge is 2.31. The molecule has 1 aliphatic rings. The summed E-state index contributed by atoms with van der Waals surface area (Å²) < 4.78 is 0.526. The number of halogens is 1. The van der Waals surface area contributed by atoms with E-state index >= 15 is 0 Å². The van der Waals surface area contributed by atoms with E-state index in [1.54, 1.807) is 29.2 Å². The molecule has 0 aromatic heterocycles. The monoisotopic (exact) mass is 430 g/mol. The van der Waals surface area contributed by atoms with Crippen molar-refractivity contribution in [3.63, 3.8) is 0 Å². The SMILES string of the molecule is Cc1ccc(/C=C2\SC(=S)N(CCCC(=O)Nc3cccc(Cl)c3)C2=O)cc1. The number of amides is 2. The summed E-state index contributed by atoms with van der Waals surface area (Å²) in [4.78, 5) is 26.9. The Morgan fingerprint density at radius 3 is 2.71 bits per heavy atom. The molecule has 2 amide bonds. The predicted octanol–water partition coefficient (Wildman–Crippen LogP) is 5.27. The molecule has 0 atom stereocenters. The third-order valence-corrected chi connectivity index (χ3v) is 5.76. The molecule has 7 heteroatoms. The van der Waals surface area contributed by atoms with Gasteiger partial charge in [-0.3, -0.25) is 14.5 Å². The predicted molar refractivity (Wildman–Crippen MR) is 120 cm³/mol. The molecule has 0 unspecified atom stereocenters. The number of hydrogen-bond acceptors (Lipinski definition) is 4. The fraction of sp³-hybridized carbons (Fsp3) is 0.190. The molecular formula is C21H19ClN2O2S2. The van der Waals surface area contributed by atoms with E-state index in [0.29, 0.717) is 39.3 Å². The van der Waals surface area contributed by atoms with Gasteiger partial charge in [-0.2, -0.15) is 0 Å². The molecule has 1 aliphatic heterocycles. The van der Waals surface area contributed by atoms with Crippen LogP contribution < -0.4 is 5.32 Å². The van der Waals surface area contributed by atoms with Gasteiger partial charge in [0.15, 0.2) is 0 Å². The molecule has 28 heavy (non-hydrogen) atoms. The highest BCUT2D eigenvalue weighted by Crippen LogP contribution is 2.32. The molecule has 2 aromatic rings.